The van der Waals surface area contributed by atoms with Gasteiger partial charge in [0.2, 0.25) is 11.7 Å². The quantitative estimate of drug-likeness (QED) is 0.937. The number of halogens is 3. The average Bonchev–Trinajstić information content (AvgIpc) is 3.13. The highest BCUT2D eigenvalue weighted by Gasteiger charge is 2.38. The largest absolute Gasteiger partial charge is 0.449 e. The highest BCUT2D eigenvalue weighted by Crippen LogP contribution is 2.31. The Morgan fingerprint density at radius 2 is 2.17 bits per heavy atom. The lowest BCUT2D eigenvalue weighted by Crippen LogP contribution is -2.33. The van der Waals surface area contributed by atoms with Crippen molar-refractivity contribution < 1.29 is 22.7 Å². The van der Waals surface area contributed by atoms with E-state index in [0.29, 0.717) is 25.3 Å². The number of rotatable bonds is 4. The summed E-state index contributed by atoms with van der Waals surface area (Å²) in [5.74, 6) is -1.30. The number of ether oxygens (including phenoxy) is 1. The molecule has 1 N–H and O–H groups in total. The first-order valence-corrected chi connectivity index (χ1v) is 7.32. The second-order valence-corrected chi connectivity index (χ2v) is 5.54. The van der Waals surface area contributed by atoms with Gasteiger partial charge in [-0.05, 0) is 18.6 Å². The number of carbonyl (C=O) groups excluding carboxylic acids is 1. The molecule has 124 valence electrons. The van der Waals surface area contributed by atoms with Crippen LogP contribution in [0.4, 0.5) is 13.2 Å². The Hall–Kier alpha value is -2.09. The van der Waals surface area contributed by atoms with Gasteiger partial charge in [0.1, 0.15) is 6.54 Å². The Bertz CT molecular complexity index is 706. The van der Waals surface area contributed by atoms with Gasteiger partial charge < -0.3 is 14.6 Å². The number of imidazole rings is 1. The molecule has 0 spiro atoms. The molecule has 0 saturated carbocycles. The van der Waals surface area contributed by atoms with Crippen LogP contribution in [0.15, 0.2) is 24.3 Å². The predicted octanol–water partition coefficient (Wildman–Crippen LogP) is 2.21. The number of alkyl halides is 3. The summed E-state index contributed by atoms with van der Waals surface area (Å²) in [5.41, 5.74) is 0.510. The third kappa shape index (κ3) is 3.47. The van der Waals surface area contributed by atoms with Gasteiger partial charge in [-0.3, -0.25) is 4.79 Å². The summed E-state index contributed by atoms with van der Waals surface area (Å²) >= 11 is 0. The summed E-state index contributed by atoms with van der Waals surface area (Å²) in [6, 6.07) is 6.25. The lowest BCUT2D eigenvalue weighted by Gasteiger charge is -2.13. The molecule has 8 heteroatoms. The number of hydrogen-bond donors (Lipinski definition) is 1. The van der Waals surface area contributed by atoms with E-state index in [1.165, 1.54) is 12.1 Å². The lowest BCUT2D eigenvalue weighted by atomic mass is 10.1. The van der Waals surface area contributed by atoms with Gasteiger partial charge in [-0.25, -0.2) is 4.98 Å². The summed E-state index contributed by atoms with van der Waals surface area (Å²) in [6.07, 6.45) is -3.76. The second-order valence-electron chi connectivity index (χ2n) is 5.54. The van der Waals surface area contributed by atoms with Crippen LogP contribution in [0, 0.1) is 5.92 Å². The molecule has 2 heterocycles. The summed E-state index contributed by atoms with van der Waals surface area (Å²) in [7, 11) is 0. The summed E-state index contributed by atoms with van der Waals surface area (Å²) < 4.78 is 45.5. The molecule has 1 amide bonds. The number of hydrogen-bond acceptors (Lipinski definition) is 3. The SMILES string of the molecule is O=C(Cn1c(C(F)(F)F)nc2ccccc21)NCC1CCOC1. The highest BCUT2D eigenvalue weighted by atomic mass is 19.4. The van der Waals surface area contributed by atoms with E-state index in [1.54, 1.807) is 12.1 Å². The normalized spacial score (nSPS) is 18.5. The Morgan fingerprint density at radius 1 is 1.39 bits per heavy atom. The van der Waals surface area contributed by atoms with Gasteiger partial charge in [-0.1, -0.05) is 12.1 Å². The molecule has 1 saturated heterocycles. The zero-order valence-electron chi connectivity index (χ0n) is 12.3. The maximum atomic E-state index is 13.1. The van der Waals surface area contributed by atoms with Crippen molar-refractivity contribution in [3.05, 3.63) is 30.1 Å². The van der Waals surface area contributed by atoms with E-state index in [0.717, 1.165) is 11.0 Å². The van der Waals surface area contributed by atoms with Crippen LogP contribution in [0.1, 0.15) is 12.2 Å². The van der Waals surface area contributed by atoms with Crippen molar-refractivity contribution in [2.24, 2.45) is 5.92 Å². The van der Waals surface area contributed by atoms with E-state index >= 15 is 0 Å². The van der Waals surface area contributed by atoms with Crippen molar-refractivity contribution in [2.45, 2.75) is 19.1 Å². The molecule has 0 aliphatic carbocycles. The van der Waals surface area contributed by atoms with Gasteiger partial charge in [0, 0.05) is 19.1 Å². The Labute approximate surface area is 130 Å². The van der Waals surface area contributed by atoms with Crippen LogP contribution < -0.4 is 5.32 Å². The molecular formula is C15H16F3N3O2. The number of nitrogens with zero attached hydrogens (tertiary/aromatic N) is 2. The number of aromatic nitrogens is 2. The van der Waals surface area contributed by atoms with Crippen molar-refractivity contribution in [3.63, 3.8) is 0 Å². The van der Waals surface area contributed by atoms with E-state index in [4.69, 9.17) is 4.74 Å². The molecular weight excluding hydrogens is 311 g/mol. The maximum absolute atomic E-state index is 13.1. The number of carbonyl (C=O) groups is 1. The van der Waals surface area contributed by atoms with Gasteiger partial charge in [0.15, 0.2) is 0 Å². The fraction of sp³-hybridized carbons (Fsp3) is 0.467. The average molecular weight is 327 g/mol. The molecule has 1 fully saturated rings. The van der Waals surface area contributed by atoms with Gasteiger partial charge in [-0.15, -0.1) is 0 Å². The molecule has 0 bridgehead atoms. The molecule has 1 aromatic carbocycles. The fourth-order valence-corrected chi connectivity index (χ4v) is 2.65. The van der Waals surface area contributed by atoms with Crippen LogP contribution >= 0.6 is 0 Å². The van der Waals surface area contributed by atoms with Crippen LogP contribution in [-0.4, -0.2) is 35.2 Å². The molecule has 5 nitrogen and oxygen atoms in total. The van der Waals surface area contributed by atoms with Crippen LogP contribution in [-0.2, 0) is 22.3 Å². The molecule has 1 atom stereocenters. The first-order chi connectivity index (χ1) is 10.9. The summed E-state index contributed by atoms with van der Waals surface area (Å²) in [4.78, 5) is 15.6. The van der Waals surface area contributed by atoms with Crippen LogP contribution in [0.5, 0.6) is 0 Å². The van der Waals surface area contributed by atoms with Crippen molar-refractivity contribution in [2.75, 3.05) is 19.8 Å². The lowest BCUT2D eigenvalue weighted by molar-refractivity contribution is -0.147. The maximum Gasteiger partial charge on any atom is 0.449 e. The highest BCUT2D eigenvalue weighted by molar-refractivity contribution is 5.81. The number of fused-ring (bicyclic) bond motifs is 1. The Morgan fingerprint density at radius 3 is 2.87 bits per heavy atom. The number of para-hydroxylation sites is 2. The van der Waals surface area contributed by atoms with E-state index < -0.39 is 24.5 Å². The number of amides is 1. The topological polar surface area (TPSA) is 56.2 Å². The standard InChI is InChI=1S/C15H16F3N3O2/c16-15(17,18)14-20-11-3-1-2-4-12(11)21(14)8-13(22)19-7-10-5-6-23-9-10/h1-4,10H,5-9H2,(H,19,22). The molecule has 1 aliphatic rings. The molecule has 1 aromatic heterocycles. The number of nitrogens with one attached hydrogen (secondary N) is 1. The molecule has 0 radical (unpaired) electrons. The van der Waals surface area contributed by atoms with Crippen molar-refractivity contribution in [1.82, 2.24) is 14.9 Å². The fourth-order valence-electron chi connectivity index (χ4n) is 2.65. The predicted molar refractivity (Wildman–Crippen MR) is 76.7 cm³/mol. The first kappa shape index (κ1) is 15.8. The van der Waals surface area contributed by atoms with E-state index in [9.17, 15) is 18.0 Å². The summed E-state index contributed by atoms with van der Waals surface area (Å²) in [5, 5.41) is 2.67. The van der Waals surface area contributed by atoms with Gasteiger partial charge in [0.05, 0.1) is 17.6 Å². The zero-order chi connectivity index (χ0) is 16.4. The molecule has 3 rings (SSSR count). The van der Waals surface area contributed by atoms with Gasteiger partial charge in [-0.2, -0.15) is 13.2 Å². The molecule has 23 heavy (non-hydrogen) atoms. The number of benzene rings is 1. The van der Waals surface area contributed by atoms with E-state index in [1.807, 2.05) is 0 Å². The van der Waals surface area contributed by atoms with Crippen molar-refractivity contribution in [3.8, 4) is 0 Å². The summed E-state index contributed by atoms with van der Waals surface area (Å²) in [6.45, 7) is 1.22. The second kappa shape index (κ2) is 6.19. The molecule has 1 unspecified atom stereocenters. The Kier molecular flexibility index (Phi) is 4.25. The van der Waals surface area contributed by atoms with Crippen LogP contribution in [0.25, 0.3) is 11.0 Å². The van der Waals surface area contributed by atoms with Gasteiger partial charge >= 0.3 is 6.18 Å². The van der Waals surface area contributed by atoms with E-state index in [2.05, 4.69) is 10.3 Å². The third-order valence-electron chi connectivity index (χ3n) is 3.82. The zero-order valence-corrected chi connectivity index (χ0v) is 12.3. The minimum Gasteiger partial charge on any atom is -0.381 e. The van der Waals surface area contributed by atoms with Crippen molar-refractivity contribution in [1.29, 1.82) is 0 Å². The van der Waals surface area contributed by atoms with Crippen LogP contribution in [0.2, 0.25) is 0 Å². The molecule has 1 aliphatic heterocycles. The minimum absolute atomic E-state index is 0.219. The Balaban J connectivity index is 1.79. The minimum atomic E-state index is -4.61. The smallest absolute Gasteiger partial charge is 0.381 e. The monoisotopic (exact) mass is 327 g/mol. The molecule has 2 aromatic rings. The van der Waals surface area contributed by atoms with Crippen molar-refractivity contribution >= 4 is 16.9 Å². The first-order valence-electron chi connectivity index (χ1n) is 7.32. The third-order valence-corrected chi connectivity index (χ3v) is 3.82. The van der Waals surface area contributed by atoms with E-state index in [-0.39, 0.29) is 11.4 Å². The van der Waals surface area contributed by atoms with Gasteiger partial charge in [0.25, 0.3) is 0 Å². The van der Waals surface area contributed by atoms with Crippen LogP contribution in [0.3, 0.4) is 0 Å².